The van der Waals surface area contributed by atoms with Crippen molar-refractivity contribution >= 4 is 24.0 Å². The standard InChI is InChI=1S/C17H24N2O2.ClH/c18-16(13-8-10-21-11-9-13)17(20)19-15-7-3-5-12-4-1-2-6-14(12)15;/h3,5,7,13,16H,1-2,4,6,8-11,18H2,(H,19,20);1H. The highest BCUT2D eigenvalue weighted by Crippen LogP contribution is 2.28. The molecule has 1 atom stereocenters. The Bertz CT molecular complexity index is 515. The van der Waals surface area contributed by atoms with E-state index in [9.17, 15) is 4.79 Å². The van der Waals surface area contributed by atoms with Gasteiger partial charge in [0.1, 0.15) is 0 Å². The summed E-state index contributed by atoms with van der Waals surface area (Å²) in [6, 6.07) is 5.76. The van der Waals surface area contributed by atoms with E-state index >= 15 is 0 Å². The number of rotatable bonds is 3. The van der Waals surface area contributed by atoms with E-state index in [1.165, 1.54) is 24.0 Å². The number of benzene rings is 1. The molecule has 1 aromatic carbocycles. The molecule has 1 amide bonds. The number of ether oxygens (including phenoxy) is 1. The molecular weight excluding hydrogens is 300 g/mol. The van der Waals surface area contributed by atoms with Crippen LogP contribution < -0.4 is 11.1 Å². The Kier molecular flexibility index (Phi) is 6.24. The van der Waals surface area contributed by atoms with Gasteiger partial charge in [0.05, 0.1) is 6.04 Å². The van der Waals surface area contributed by atoms with E-state index in [2.05, 4.69) is 11.4 Å². The van der Waals surface area contributed by atoms with Crippen LogP contribution in [0.5, 0.6) is 0 Å². The molecule has 1 unspecified atom stereocenters. The van der Waals surface area contributed by atoms with Gasteiger partial charge in [0.25, 0.3) is 0 Å². The topological polar surface area (TPSA) is 64.4 Å². The predicted octanol–water partition coefficient (Wildman–Crippen LogP) is 2.68. The second kappa shape index (κ2) is 7.95. The van der Waals surface area contributed by atoms with Gasteiger partial charge in [-0.15, -0.1) is 12.4 Å². The zero-order valence-corrected chi connectivity index (χ0v) is 13.7. The fraction of sp³-hybridized carbons (Fsp3) is 0.588. The fourth-order valence-corrected chi connectivity index (χ4v) is 3.40. The van der Waals surface area contributed by atoms with Crippen molar-refractivity contribution in [3.05, 3.63) is 29.3 Å². The van der Waals surface area contributed by atoms with Crippen molar-refractivity contribution in [2.24, 2.45) is 11.7 Å². The molecule has 1 aromatic rings. The third kappa shape index (κ3) is 3.80. The number of fused-ring (bicyclic) bond motifs is 1. The van der Waals surface area contributed by atoms with Crippen LogP contribution in [0.25, 0.3) is 0 Å². The number of carbonyl (C=O) groups is 1. The molecule has 2 aliphatic rings. The first kappa shape index (κ1) is 17.3. The lowest BCUT2D eigenvalue weighted by Crippen LogP contribution is -2.44. The minimum absolute atomic E-state index is 0. The lowest BCUT2D eigenvalue weighted by atomic mass is 9.89. The molecule has 3 N–H and O–H groups in total. The van der Waals surface area contributed by atoms with Crippen LogP contribution in [0, 0.1) is 5.92 Å². The highest BCUT2D eigenvalue weighted by molar-refractivity contribution is 5.95. The molecule has 22 heavy (non-hydrogen) atoms. The van der Waals surface area contributed by atoms with E-state index in [4.69, 9.17) is 10.5 Å². The van der Waals surface area contributed by atoms with E-state index in [-0.39, 0.29) is 24.2 Å². The summed E-state index contributed by atoms with van der Waals surface area (Å²) in [7, 11) is 0. The lowest BCUT2D eigenvalue weighted by molar-refractivity contribution is -0.119. The van der Waals surface area contributed by atoms with Crippen LogP contribution in [0.1, 0.15) is 36.8 Å². The fourth-order valence-electron chi connectivity index (χ4n) is 3.40. The molecule has 5 heteroatoms. The van der Waals surface area contributed by atoms with Crippen LogP contribution in [-0.2, 0) is 22.4 Å². The number of nitrogens with two attached hydrogens (primary N) is 1. The molecule has 0 bridgehead atoms. The van der Waals surface area contributed by atoms with Gasteiger partial charge in [0, 0.05) is 18.9 Å². The van der Waals surface area contributed by atoms with E-state index in [1.807, 2.05) is 12.1 Å². The molecule has 1 aliphatic heterocycles. The molecular formula is C17H25ClN2O2. The molecule has 1 heterocycles. The van der Waals surface area contributed by atoms with Gasteiger partial charge in [-0.25, -0.2) is 0 Å². The number of nitrogens with one attached hydrogen (secondary N) is 1. The van der Waals surface area contributed by atoms with Crippen LogP contribution in [-0.4, -0.2) is 25.2 Å². The van der Waals surface area contributed by atoms with Gasteiger partial charge < -0.3 is 15.8 Å². The number of halogens is 1. The Morgan fingerprint density at radius 3 is 2.73 bits per heavy atom. The summed E-state index contributed by atoms with van der Waals surface area (Å²) in [4.78, 5) is 12.4. The highest BCUT2D eigenvalue weighted by Gasteiger charge is 2.27. The van der Waals surface area contributed by atoms with Gasteiger partial charge in [0.15, 0.2) is 0 Å². The van der Waals surface area contributed by atoms with Crippen molar-refractivity contribution in [1.29, 1.82) is 0 Å². The second-order valence-corrected chi connectivity index (χ2v) is 6.12. The first-order valence-electron chi connectivity index (χ1n) is 8.00. The summed E-state index contributed by atoms with van der Waals surface area (Å²) in [5.74, 6) is 0.180. The Hall–Kier alpha value is -1.10. The average molecular weight is 325 g/mol. The van der Waals surface area contributed by atoms with Crippen LogP contribution in [0.4, 0.5) is 5.69 Å². The monoisotopic (exact) mass is 324 g/mol. The van der Waals surface area contributed by atoms with Crippen LogP contribution in [0.2, 0.25) is 0 Å². The number of amides is 1. The Labute approximate surface area is 138 Å². The van der Waals surface area contributed by atoms with E-state index in [0.29, 0.717) is 13.2 Å². The molecule has 1 aliphatic carbocycles. The Balaban J connectivity index is 0.00000176. The largest absolute Gasteiger partial charge is 0.381 e. The lowest BCUT2D eigenvalue weighted by Gasteiger charge is -2.27. The van der Waals surface area contributed by atoms with Crippen molar-refractivity contribution in [3.63, 3.8) is 0 Å². The van der Waals surface area contributed by atoms with Gasteiger partial charge in [-0.2, -0.15) is 0 Å². The quantitative estimate of drug-likeness (QED) is 0.898. The smallest absolute Gasteiger partial charge is 0.241 e. The summed E-state index contributed by atoms with van der Waals surface area (Å²) in [5, 5.41) is 3.06. The zero-order chi connectivity index (χ0) is 14.7. The van der Waals surface area contributed by atoms with Crippen LogP contribution in [0.3, 0.4) is 0 Å². The average Bonchev–Trinajstić information content (AvgIpc) is 2.55. The van der Waals surface area contributed by atoms with Gasteiger partial charge in [-0.1, -0.05) is 12.1 Å². The highest BCUT2D eigenvalue weighted by atomic mass is 35.5. The summed E-state index contributed by atoms with van der Waals surface area (Å²) < 4.78 is 5.34. The third-order valence-corrected chi connectivity index (χ3v) is 4.73. The normalized spacial score (nSPS) is 19.7. The van der Waals surface area contributed by atoms with Gasteiger partial charge in [-0.05, 0) is 61.6 Å². The van der Waals surface area contributed by atoms with E-state index < -0.39 is 6.04 Å². The predicted molar refractivity (Wildman–Crippen MR) is 90.5 cm³/mol. The molecule has 0 radical (unpaired) electrons. The third-order valence-electron chi connectivity index (χ3n) is 4.73. The first-order chi connectivity index (χ1) is 10.3. The van der Waals surface area contributed by atoms with E-state index in [0.717, 1.165) is 31.4 Å². The minimum atomic E-state index is -0.437. The van der Waals surface area contributed by atoms with Gasteiger partial charge in [0.2, 0.25) is 5.91 Å². The SMILES string of the molecule is Cl.NC(C(=O)Nc1cccc2c1CCCC2)C1CCOCC1. The molecule has 122 valence electrons. The molecule has 1 fully saturated rings. The maximum Gasteiger partial charge on any atom is 0.241 e. The van der Waals surface area contributed by atoms with Crippen molar-refractivity contribution in [1.82, 2.24) is 0 Å². The number of carbonyl (C=O) groups excluding carboxylic acids is 1. The number of hydrogen-bond acceptors (Lipinski definition) is 3. The maximum absolute atomic E-state index is 12.4. The number of hydrogen-bond donors (Lipinski definition) is 2. The van der Waals surface area contributed by atoms with Crippen LogP contribution in [0.15, 0.2) is 18.2 Å². The molecule has 0 saturated carbocycles. The van der Waals surface area contributed by atoms with E-state index in [1.54, 1.807) is 0 Å². The van der Waals surface area contributed by atoms with Gasteiger partial charge >= 0.3 is 0 Å². The number of aryl methyl sites for hydroxylation is 1. The minimum Gasteiger partial charge on any atom is -0.381 e. The van der Waals surface area contributed by atoms with Crippen molar-refractivity contribution < 1.29 is 9.53 Å². The molecule has 0 spiro atoms. The van der Waals surface area contributed by atoms with Crippen molar-refractivity contribution in [3.8, 4) is 0 Å². The van der Waals surface area contributed by atoms with Crippen molar-refractivity contribution in [2.75, 3.05) is 18.5 Å². The zero-order valence-electron chi connectivity index (χ0n) is 12.8. The Morgan fingerprint density at radius 1 is 1.23 bits per heavy atom. The summed E-state index contributed by atoms with van der Waals surface area (Å²) in [5.41, 5.74) is 9.78. The number of anilines is 1. The molecule has 4 nitrogen and oxygen atoms in total. The molecule has 1 saturated heterocycles. The first-order valence-corrected chi connectivity index (χ1v) is 8.00. The maximum atomic E-state index is 12.4. The summed E-state index contributed by atoms with van der Waals surface area (Å²) in [6.07, 6.45) is 6.37. The Morgan fingerprint density at radius 2 is 1.95 bits per heavy atom. The second-order valence-electron chi connectivity index (χ2n) is 6.12. The molecule has 0 aromatic heterocycles. The van der Waals surface area contributed by atoms with Gasteiger partial charge in [-0.3, -0.25) is 4.79 Å². The summed E-state index contributed by atoms with van der Waals surface area (Å²) >= 11 is 0. The summed E-state index contributed by atoms with van der Waals surface area (Å²) in [6.45, 7) is 1.43. The van der Waals surface area contributed by atoms with Crippen molar-refractivity contribution in [2.45, 2.75) is 44.6 Å². The van der Waals surface area contributed by atoms with Crippen LogP contribution >= 0.6 is 12.4 Å². The molecule has 3 rings (SSSR count).